The van der Waals surface area contributed by atoms with E-state index >= 15 is 0 Å². The minimum atomic E-state index is -0.818. The molecule has 0 radical (unpaired) electrons. The SMILES string of the molecule is O=C(O)c1cccn1C1CCN2CCCC12. The highest BCUT2D eigenvalue weighted by molar-refractivity contribution is 5.85. The normalized spacial score (nSPS) is 29.5. The number of carboxylic acid groups (broad SMARTS) is 1. The maximum atomic E-state index is 11.1. The smallest absolute Gasteiger partial charge is 0.352 e. The Morgan fingerprint density at radius 1 is 1.31 bits per heavy atom. The first kappa shape index (κ1) is 9.90. The van der Waals surface area contributed by atoms with E-state index in [2.05, 4.69) is 4.90 Å². The van der Waals surface area contributed by atoms with Crippen molar-refractivity contribution in [3.63, 3.8) is 0 Å². The number of nitrogens with zero attached hydrogens (tertiary/aromatic N) is 2. The molecule has 86 valence electrons. The molecule has 0 aliphatic carbocycles. The molecule has 0 saturated carbocycles. The number of fused-ring (bicyclic) bond motifs is 1. The van der Waals surface area contributed by atoms with E-state index in [-0.39, 0.29) is 0 Å². The summed E-state index contributed by atoms with van der Waals surface area (Å²) in [5.41, 5.74) is 0.429. The molecule has 4 nitrogen and oxygen atoms in total. The molecule has 0 aromatic carbocycles. The summed E-state index contributed by atoms with van der Waals surface area (Å²) in [6.07, 6.45) is 5.46. The van der Waals surface area contributed by atoms with Crippen molar-refractivity contribution < 1.29 is 9.90 Å². The van der Waals surface area contributed by atoms with E-state index in [0.717, 1.165) is 13.0 Å². The Balaban J connectivity index is 1.92. The predicted octanol–water partition coefficient (Wildman–Crippen LogP) is 1.60. The highest BCUT2D eigenvalue weighted by Crippen LogP contribution is 2.36. The Bertz CT molecular complexity index is 413. The lowest BCUT2D eigenvalue weighted by atomic mass is 10.1. The van der Waals surface area contributed by atoms with Gasteiger partial charge in [0.2, 0.25) is 0 Å². The molecule has 2 aliphatic heterocycles. The second-order valence-corrected chi connectivity index (χ2v) is 4.71. The van der Waals surface area contributed by atoms with E-state index in [4.69, 9.17) is 5.11 Å². The van der Waals surface area contributed by atoms with Crippen LogP contribution in [0.4, 0.5) is 0 Å². The van der Waals surface area contributed by atoms with Gasteiger partial charge in [-0.1, -0.05) is 0 Å². The third-order valence-corrected chi connectivity index (χ3v) is 3.93. The van der Waals surface area contributed by atoms with Gasteiger partial charge in [-0.3, -0.25) is 4.90 Å². The second-order valence-electron chi connectivity index (χ2n) is 4.71. The molecule has 16 heavy (non-hydrogen) atoms. The van der Waals surface area contributed by atoms with Crippen molar-refractivity contribution >= 4 is 5.97 Å². The summed E-state index contributed by atoms with van der Waals surface area (Å²) < 4.78 is 1.96. The van der Waals surface area contributed by atoms with Crippen LogP contribution in [0.25, 0.3) is 0 Å². The van der Waals surface area contributed by atoms with Crippen LogP contribution in [0.2, 0.25) is 0 Å². The predicted molar refractivity (Wildman–Crippen MR) is 59.6 cm³/mol. The first-order valence-electron chi connectivity index (χ1n) is 5.91. The molecule has 2 aliphatic rings. The van der Waals surface area contributed by atoms with Crippen molar-refractivity contribution in [1.29, 1.82) is 0 Å². The van der Waals surface area contributed by atoms with Crippen molar-refractivity contribution in [2.75, 3.05) is 13.1 Å². The van der Waals surface area contributed by atoms with E-state index in [1.807, 2.05) is 16.8 Å². The molecule has 1 aromatic heterocycles. The minimum absolute atomic E-state index is 0.364. The number of rotatable bonds is 2. The van der Waals surface area contributed by atoms with Gasteiger partial charge >= 0.3 is 5.97 Å². The van der Waals surface area contributed by atoms with Crippen molar-refractivity contribution in [3.05, 3.63) is 24.0 Å². The zero-order chi connectivity index (χ0) is 11.1. The van der Waals surface area contributed by atoms with Crippen LogP contribution in [-0.2, 0) is 0 Å². The lowest BCUT2D eigenvalue weighted by molar-refractivity contribution is 0.0681. The van der Waals surface area contributed by atoms with Crippen LogP contribution >= 0.6 is 0 Å². The molecule has 0 bridgehead atoms. The Labute approximate surface area is 94.5 Å². The van der Waals surface area contributed by atoms with E-state index in [1.54, 1.807) is 6.07 Å². The van der Waals surface area contributed by atoms with Crippen molar-refractivity contribution in [3.8, 4) is 0 Å². The Hall–Kier alpha value is -1.29. The van der Waals surface area contributed by atoms with Gasteiger partial charge in [-0.05, 0) is 37.9 Å². The summed E-state index contributed by atoms with van der Waals surface area (Å²) in [5, 5.41) is 9.12. The molecule has 2 atom stereocenters. The topological polar surface area (TPSA) is 45.5 Å². The quantitative estimate of drug-likeness (QED) is 0.823. The molecule has 3 heterocycles. The Morgan fingerprint density at radius 2 is 2.19 bits per heavy atom. The van der Waals surface area contributed by atoms with E-state index < -0.39 is 5.97 Å². The first-order chi connectivity index (χ1) is 7.77. The van der Waals surface area contributed by atoms with Crippen LogP contribution in [0.15, 0.2) is 18.3 Å². The van der Waals surface area contributed by atoms with E-state index in [0.29, 0.717) is 17.8 Å². The van der Waals surface area contributed by atoms with Crippen LogP contribution in [0.1, 0.15) is 35.8 Å². The molecular formula is C12H16N2O2. The molecule has 1 N–H and O–H groups in total. The molecule has 1 aromatic rings. The van der Waals surface area contributed by atoms with Gasteiger partial charge in [-0.2, -0.15) is 0 Å². The minimum Gasteiger partial charge on any atom is -0.477 e. The van der Waals surface area contributed by atoms with Crippen molar-refractivity contribution in [1.82, 2.24) is 9.47 Å². The summed E-state index contributed by atoms with van der Waals surface area (Å²) in [6, 6.07) is 4.45. The molecular weight excluding hydrogens is 204 g/mol. The highest BCUT2D eigenvalue weighted by Gasteiger charge is 2.38. The molecule has 0 spiro atoms. The van der Waals surface area contributed by atoms with Gasteiger partial charge < -0.3 is 9.67 Å². The van der Waals surface area contributed by atoms with Gasteiger partial charge in [-0.15, -0.1) is 0 Å². The van der Waals surface area contributed by atoms with E-state index in [9.17, 15) is 4.79 Å². The summed E-state index contributed by atoms with van der Waals surface area (Å²) in [5.74, 6) is -0.818. The maximum absolute atomic E-state index is 11.1. The number of aromatic carboxylic acids is 1. The number of hydrogen-bond donors (Lipinski definition) is 1. The zero-order valence-electron chi connectivity index (χ0n) is 9.17. The monoisotopic (exact) mass is 220 g/mol. The molecule has 4 heteroatoms. The van der Waals surface area contributed by atoms with Crippen LogP contribution in [0, 0.1) is 0 Å². The third-order valence-electron chi connectivity index (χ3n) is 3.93. The molecule has 0 amide bonds. The average Bonchev–Trinajstić information content (AvgIpc) is 2.92. The number of hydrogen-bond acceptors (Lipinski definition) is 2. The lowest BCUT2D eigenvalue weighted by Crippen LogP contribution is -2.28. The zero-order valence-corrected chi connectivity index (χ0v) is 9.17. The molecule has 2 fully saturated rings. The summed E-state index contributed by atoms with van der Waals surface area (Å²) in [4.78, 5) is 13.6. The van der Waals surface area contributed by atoms with Gasteiger partial charge in [0.1, 0.15) is 5.69 Å². The Kier molecular flexibility index (Phi) is 2.24. The average molecular weight is 220 g/mol. The van der Waals surface area contributed by atoms with Crippen LogP contribution in [-0.4, -0.2) is 39.7 Å². The van der Waals surface area contributed by atoms with Crippen LogP contribution in [0.3, 0.4) is 0 Å². The third kappa shape index (κ3) is 1.37. The van der Waals surface area contributed by atoms with Crippen molar-refractivity contribution in [2.24, 2.45) is 0 Å². The largest absolute Gasteiger partial charge is 0.477 e. The van der Waals surface area contributed by atoms with Gasteiger partial charge in [-0.25, -0.2) is 4.79 Å². The number of carbonyl (C=O) groups is 1. The summed E-state index contributed by atoms with van der Waals surface area (Å²) in [7, 11) is 0. The maximum Gasteiger partial charge on any atom is 0.352 e. The van der Waals surface area contributed by atoms with Crippen LogP contribution < -0.4 is 0 Å². The van der Waals surface area contributed by atoms with Gasteiger partial charge in [0.25, 0.3) is 0 Å². The highest BCUT2D eigenvalue weighted by atomic mass is 16.4. The Morgan fingerprint density at radius 3 is 3.00 bits per heavy atom. The van der Waals surface area contributed by atoms with Crippen molar-refractivity contribution in [2.45, 2.75) is 31.3 Å². The summed E-state index contributed by atoms with van der Waals surface area (Å²) >= 11 is 0. The fourth-order valence-corrected chi connectivity index (χ4v) is 3.24. The number of aromatic nitrogens is 1. The second kappa shape index (κ2) is 3.63. The fourth-order valence-electron chi connectivity index (χ4n) is 3.24. The van der Waals surface area contributed by atoms with Gasteiger partial charge in [0, 0.05) is 18.8 Å². The molecule has 3 rings (SSSR count). The standard InChI is InChI=1S/C12H16N2O2/c15-12(16)11-4-2-7-14(11)10-5-8-13-6-1-3-9(10)13/h2,4,7,9-10H,1,3,5-6,8H2,(H,15,16). The van der Waals surface area contributed by atoms with E-state index in [1.165, 1.54) is 19.4 Å². The fraction of sp³-hybridized carbons (Fsp3) is 0.583. The first-order valence-corrected chi connectivity index (χ1v) is 5.91. The summed E-state index contributed by atoms with van der Waals surface area (Å²) in [6.45, 7) is 2.30. The van der Waals surface area contributed by atoms with Gasteiger partial charge in [0.15, 0.2) is 0 Å². The molecule has 2 unspecified atom stereocenters. The number of carboxylic acids is 1. The van der Waals surface area contributed by atoms with Crippen LogP contribution in [0.5, 0.6) is 0 Å². The van der Waals surface area contributed by atoms with Gasteiger partial charge in [0.05, 0.1) is 6.04 Å². The molecule has 2 saturated heterocycles. The lowest BCUT2D eigenvalue weighted by Gasteiger charge is -2.22.